The third-order valence-corrected chi connectivity index (χ3v) is 6.40. The van der Waals surface area contributed by atoms with E-state index in [4.69, 9.17) is 4.55 Å². The van der Waals surface area contributed by atoms with Crippen LogP contribution in [0.1, 0.15) is 39.2 Å². The van der Waals surface area contributed by atoms with E-state index in [-0.39, 0.29) is 46.6 Å². The third-order valence-electron chi connectivity index (χ3n) is 4.75. The number of benzene rings is 1. The van der Waals surface area contributed by atoms with Gasteiger partial charge in [0.25, 0.3) is 20.2 Å². The summed E-state index contributed by atoms with van der Waals surface area (Å²) in [5.74, 6) is -0.352. The van der Waals surface area contributed by atoms with Crippen LogP contribution >= 0.6 is 0 Å². The van der Waals surface area contributed by atoms with Crippen molar-refractivity contribution in [2.45, 2.75) is 43.9 Å². The average molecular weight is 399 g/mol. The summed E-state index contributed by atoms with van der Waals surface area (Å²) in [7, 11) is -8.37. The Morgan fingerprint density at radius 3 is 2.24 bits per heavy atom. The summed E-state index contributed by atoms with van der Waals surface area (Å²) in [5.41, 5.74) is 1.98. The number of fused-ring (bicyclic) bond motifs is 1. The van der Waals surface area contributed by atoms with Crippen LogP contribution < -0.4 is 29.6 Å². The molecule has 0 bridgehead atoms. The molecule has 1 atom stereocenters. The van der Waals surface area contributed by atoms with Gasteiger partial charge in [-0.15, -0.1) is 0 Å². The first-order chi connectivity index (χ1) is 10.9. The van der Waals surface area contributed by atoms with Crippen LogP contribution in [-0.4, -0.2) is 48.5 Å². The third kappa shape index (κ3) is 4.71. The van der Waals surface area contributed by atoms with Gasteiger partial charge in [-0.25, -0.2) is 0 Å². The summed E-state index contributed by atoms with van der Waals surface area (Å²) in [6.45, 7) is 6.48. The monoisotopic (exact) mass is 399 g/mol. The van der Waals surface area contributed by atoms with Crippen molar-refractivity contribution in [1.82, 2.24) is 0 Å². The molecule has 1 unspecified atom stereocenters. The van der Waals surface area contributed by atoms with E-state index in [1.807, 2.05) is 25.3 Å². The first-order valence-corrected chi connectivity index (χ1v) is 10.6. The summed E-state index contributed by atoms with van der Waals surface area (Å²) >= 11 is 0. The number of hydrogen-bond acceptors (Lipinski definition) is 4. The Balaban J connectivity index is 0.00000312. The predicted molar refractivity (Wildman–Crippen MR) is 90.4 cm³/mol. The quantitative estimate of drug-likeness (QED) is 0.361. The van der Waals surface area contributed by atoms with Crippen LogP contribution in [0.3, 0.4) is 0 Å². The maximum atomic E-state index is 11.4. The molecule has 2 N–H and O–H groups in total. The standard InChI is InChI=1S/C15H21NO6S2.Na/c1-4-16-11(2)15(3,8-5-9-23(17,18)19)13-10-12(24(20,21)22)6-7-14(13)16;/h6-7,10H,4-5,8-9H2,1-3H3,(H-,17,18,19,20,21,22);/q;+1/p+1. The van der Waals surface area contributed by atoms with E-state index >= 15 is 0 Å². The van der Waals surface area contributed by atoms with Crippen LogP contribution in [0.2, 0.25) is 0 Å². The van der Waals surface area contributed by atoms with Gasteiger partial charge in [-0.3, -0.25) is 9.11 Å². The largest absolute Gasteiger partial charge is 1.00 e. The average Bonchev–Trinajstić information content (AvgIpc) is 2.65. The molecular formula is C15H22NNaO6S2+2. The molecule has 1 aromatic carbocycles. The molecule has 0 saturated heterocycles. The van der Waals surface area contributed by atoms with E-state index in [2.05, 4.69) is 0 Å². The van der Waals surface area contributed by atoms with Gasteiger partial charge in [0.05, 0.1) is 16.1 Å². The zero-order valence-corrected chi connectivity index (χ0v) is 18.5. The molecule has 0 fully saturated rings. The molecule has 25 heavy (non-hydrogen) atoms. The van der Waals surface area contributed by atoms with Gasteiger partial charge < -0.3 is 0 Å². The topological polar surface area (TPSA) is 112 Å². The van der Waals surface area contributed by atoms with E-state index in [1.54, 1.807) is 6.07 Å². The van der Waals surface area contributed by atoms with Crippen molar-refractivity contribution in [3.8, 4) is 0 Å². The predicted octanol–water partition coefficient (Wildman–Crippen LogP) is -0.999. The molecule has 0 spiro atoms. The van der Waals surface area contributed by atoms with Crippen LogP contribution in [0.15, 0.2) is 23.1 Å². The minimum absolute atomic E-state index is 0. The first kappa shape index (κ1) is 22.8. The molecule has 1 aromatic rings. The van der Waals surface area contributed by atoms with Gasteiger partial charge in [0, 0.05) is 18.6 Å². The summed E-state index contributed by atoms with van der Waals surface area (Å²) in [6.07, 6.45) is 0.664. The van der Waals surface area contributed by atoms with Crippen LogP contribution in [0.25, 0.3) is 0 Å². The number of nitrogens with zero attached hydrogens (tertiary/aromatic N) is 1. The zero-order chi connectivity index (χ0) is 18.3. The Hall–Kier alpha value is -0.290. The molecular weight excluding hydrogens is 377 g/mol. The second-order valence-corrected chi connectivity index (χ2v) is 9.20. The van der Waals surface area contributed by atoms with Gasteiger partial charge >= 0.3 is 29.6 Å². The van der Waals surface area contributed by atoms with Crippen molar-refractivity contribution in [1.29, 1.82) is 0 Å². The van der Waals surface area contributed by atoms with Crippen molar-refractivity contribution in [3.63, 3.8) is 0 Å². The van der Waals surface area contributed by atoms with E-state index < -0.39 is 25.7 Å². The van der Waals surface area contributed by atoms with Crippen LogP contribution in [0, 0.1) is 0 Å². The van der Waals surface area contributed by atoms with Crippen LogP contribution in [-0.2, 0) is 25.7 Å². The minimum Gasteiger partial charge on any atom is -0.286 e. The fourth-order valence-corrected chi connectivity index (χ4v) is 4.37. The Bertz CT molecular complexity index is 908. The van der Waals surface area contributed by atoms with Gasteiger partial charge in [-0.1, -0.05) is 0 Å². The van der Waals surface area contributed by atoms with Crippen molar-refractivity contribution in [2.75, 3.05) is 12.3 Å². The summed E-state index contributed by atoms with van der Waals surface area (Å²) in [5, 5.41) is 0. The molecule has 2 rings (SSSR count). The molecule has 10 heteroatoms. The van der Waals surface area contributed by atoms with Gasteiger partial charge in [0.1, 0.15) is 6.54 Å². The van der Waals surface area contributed by atoms with Crippen LogP contribution in [0.4, 0.5) is 5.69 Å². The van der Waals surface area contributed by atoms with E-state index in [0.717, 1.165) is 17.0 Å². The molecule has 1 heterocycles. The molecule has 1 aliphatic rings. The summed E-state index contributed by atoms with van der Waals surface area (Å²) in [4.78, 5) is -0.187. The summed E-state index contributed by atoms with van der Waals surface area (Å²) < 4.78 is 65.1. The van der Waals surface area contributed by atoms with Crippen molar-refractivity contribution in [2.24, 2.45) is 0 Å². The van der Waals surface area contributed by atoms with E-state index in [9.17, 15) is 21.4 Å². The Kier molecular flexibility index (Phi) is 7.06. The fraction of sp³-hybridized carbons (Fsp3) is 0.533. The van der Waals surface area contributed by atoms with Crippen molar-refractivity contribution < 1.29 is 60.1 Å². The second kappa shape index (κ2) is 7.75. The van der Waals surface area contributed by atoms with Gasteiger partial charge in [-0.05, 0) is 38.8 Å². The smallest absolute Gasteiger partial charge is 0.286 e. The van der Waals surface area contributed by atoms with Crippen molar-refractivity contribution in [3.05, 3.63) is 23.8 Å². The van der Waals surface area contributed by atoms with Crippen LogP contribution in [0.5, 0.6) is 0 Å². The van der Waals surface area contributed by atoms with E-state index in [1.165, 1.54) is 12.1 Å². The molecule has 0 aliphatic carbocycles. The molecule has 0 amide bonds. The van der Waals surface area contributed by atoms with Crippen molar-refractivity contribution >= 4 is 31.6 Å². The van der Waals surface area contributed by atoms with Gasteiger partial charge in [0.2, 0.25) is 5.69 Å². The Labute approximate surface area is 170 Å². The Morgan fingerprint density at radius 2 is 1.76 bits per heavy atom. The second-order valence-electron chi connectivity index (χ2n) is 6.21. The Morgan fingerprint density at radius 1 is 1.16 bits per heavy atom. The van der Waals surface area contributed by atoms with E-state index in [0.29, 0.717) is 13.0 Å². The zero-order valence-electron chi connectivity index (χ0n) is 14.9. The fourth-order valence-electron chi connectivity index (χ4n) is 3.36. The normalized spacial score (nSPS) is 20.4. The SMILES string of the molecule is CC[N+]1=C(C)C(C)(CCCS(=O)(=O)O)c2cc(S(=O)(=O)O)ccc21.[Na+]. The molecule has 0 aromatic heterocycles. The summed E-state index contributed by atoms with van der Waals surface area (Å²) in [6, 6.07) is 4.45. The molecule has 7 nitrogen and oxygen atoms in total. The maximum Gasteiger partial charge on any atom is 1.00 e. The molecule has 0 radical (unpaired) electrons. The molecule has 0 saturated carbocycles. The maximum absolute atomic E-state index is 11.4. The van der Waals surface area contributed by atoms with Gasteiger partial charge in [0.15, 0.2) is 5.71 Å². The number of rotatable bonds is 6. The first-order valence-electron chi connectivity index (χ1n) is 7.59. The molecule has 1 aliphatic heterocycles. The molecule has 134 valence electrons. The number of hydrogen-bond donors (Lipinski definition) is 2. The van der Waals surface area contributed by atoms with Gasteiger partial charge in [-0.2, -0.15) is 21.4 Å². The minimum atomic E-state index is -4.32.